The van der Waals surface area contributed by atoms with Crippen LogP contribution in [-0.2, 0) is 6.42 Å². The highest BCUT2D eigenvalue weighted by Crippen LogP contribution is 2.27. The first kappa shape index (κ1) is 21.1. The van der Waals surface area contributed by atoms with E-state index in [-0.39, 0.29) is 5.92 Å². The lowest BCUT2D eigenvalue weighted by atomic mass is 10.0. The minimum atomic E-state index is -0.756. The van der Waals surface area contributed by atoms with Crippen LogP contribution in [-0.4, -0.2) is 32.2 Å². The van der Waals surface area contributed by atoms with Gasteiger partial charge in [-0.2, -0.15) is 0 Å². The average molecular weight is 390 g/mol. The van der Waals surface area contributed by atoms with Gasteiger partial charge < -0.3 is 25.1 Å². The van der Waals surface area contributed by atoms with E-state index in [1.54, 1.807) is 31.6 Å². The van der Waals surface area contributed by atoms with Crippen LogP contribution in [0.4, 0.5) is 0 Å². The highest BCUT2D eigenvalue weighted by Gasteiger charge is 2.09. The first-order valence-corrected chi connectivity index (χ1v) is 9.70. The Morgan fingerprint density at radius 3 is 2.41 bits per heavy atom. The summed E-state index contributed by atoms with van der Waals surface area (Å²) < 4.78 is 16.2. The molecular weight excluding hydrogens is 362 g/mol. The first-order chi connectivity index (χ1) is 13.0. The van der Waals surface area contributed by atoms with Gasteiger partial charge in [-0.1, -0.05) is 18.8 Å². The van der Waals surface area contributed by atoms with Gasteiger partial charge in [0.1, 0.15) is 23.5 Å². The minimum Gasteiger partial charge on any atom is -0.496 e. The molecule has 6 heteroatoms. The van der Waals surface area contributed by atoms with Gasteiger partial charge in [-0.25, -0.2) is 0 Å². The molecule has 0 amide bonds. The number of thiophene rings is 1. The fourth-order valence-corrected chi connectivity index (χ4v) is 3.25. The van der Waals surface area contributed by atoms with Crippen molar-refractivity contribution in [2.45, 2.75) is 32.4 Å². The molecule has 0 fully saturated rings. The molecule has 0 aliphatic carbocycles. The minimum absolute atomic E-state index is 0.0917. The van der Waals surface area contributed by atoms with Crippen LogP contribution in [0.3, 0.4) is 0 Å². The lowest BCUT2D eigenvalue weighted by molar-refractivity contribution is 0.119. The zero-order chi connectivity index (χ0) is 19.6. The van der Waals surface area contributed by atoms with Gasteiger partial charge >= 0.3 is 0 Å². The van der Waals surface area contributed by atoms with Crippen LogP contribution in [0.5, 0.6) is 17.2 Å². The van der Waals surface area contributed by atoms with E-state index in [0.29, 0.717) is 30.3 Å². The standard InChI is InChI=1S/C21H27NO4S/c1-15(21(22)23)7-8-20-10-9-19(27-20)6-4-5-11-26-18-13-16(24-2)12-17(14-18)25-3/h9-10,12-15,21,23H,5,7-8,11,22H2,1-3H3. The molecule has 2 rings (SSSR count). The van der Waals surface area contributed by atoms with Crippen LogP contribution in [0, 0.1) is 17.8 Å². The van der Waals surface area contributed by atoms with Crippen molar-refractivity contribution >= 4 is 11.3 Å². The van der Waals surface area contributed by atoms with Crippen molar-refractivity contribution in [1.82, 2.24) is 0 Å². The number of hydrogen-bond donors (Lipinski definition) is 2. The zero-order valence-corrected chi connectivity index (χ0v) is 16.8. The second-order valence-corrected chi connectivity index (χ2v) is 7.39. The molecule has 0 bridgehead atoms. The number of aliphatic hydroxyl groups excluding tert-OH is 1. The van der Waals surface area contributed by atoms with E-state index in [0.717, 1.165) is 17.7 Å². The van der Waals surface area contributed by atoms with Crippen LogP contribution in [0.25, 0.3) is 0 Å². The quantitative estimate of drug-likeness (QED) is 0.390. The van der Waals surface area contributed by atoms with Crippen molar-refractivity contribution in [3.63, 3.8) is 0 Å². The van der Waals surface area contributed by atoms with Gasteiger partial charge in [0.15, 0.2) is 0 Å². The number of aryl methyl sites for hydroxylation is 1. The predicted molar refractivity (Wildman–Crippen MR) is 109 cm³/mol. The third kappa shape index (κ3) is 7.14. The molecule has 2 unspecified atom stereocenters. The fraction of sp³-hybridized carbons (Fsp3) is 0.429. The van der Waals surface area contributed by atoms with Crippen LogP contribution in [0.2, 0.25) is 0 Å². The smallest absolute Gasteiger partial charge is 0.126 e. The molecule has 27 heavy (non-hydrogen) atoms. The van der Waals surface area contributed by atoms with Crippen LogP contribution >= 0.6 is 11.3 Å². The molecule has 146 valence electrons. The number of nitrogens with two attached hydrogens (primary N) is 1. The molecule has 2 aromatic rings. The Morgan fingerprint density at radius 1 is 1.11 bits per heavy atom. The zero-order valence-electron chi connectivity index (χ0n) is 16.0. The van der Waals surface area contributed by atoms with Crippen LogP contribution in [0.15, 0.2) is 30.3 Å². The Morgan fingerprint density at radius 2 is 1.78 bits per heavy atom. The lowest BCUT2D eigenvalue weighted by Gasteiger charge is -2.12. The van der Waals surface area contributed by atoms with Crippen molar-refractivity contribution in [1.29, 1.82) is 0 Å². The number of rotatable bonds is 9. The van der Waals surface area contributed by atoms with Crippen molar-refractivity contribution in [2.75, 3.05) is 20.8 Å². The number of methoxy groups -OCH3 is 2. The molecule has 2 atom stereocenters. The van der Waals surface area contributed by atoms with Crippen molar-refractivity contribution < 1.29 is 19.3 Å². The monoisotopic (exact) mass is 389 g/mol. The van der Waals surface area contributed by atoms with Gasteiger partial charge in [0.05, 0.1) is 25.7 Å². The second kappa shape index (κ2) is 10.8. The van der Waals surface area contributed by atoms with Crippen molar-refractivity contribution in [3.8, 4) is 29.1 Å². The summed E-state index contributed by atoms with van der Waals surface area (Å²) in [6, 6.07) is 9.56. The van der Waals surface area contributed by atoms with E-state index in [1.807, 2.05) is 25.1 Å². The highest BCUT2D eigenvalue weighted by atomic mass is 32.1. The Hall–Kier alpha value is -2.20. The van der Waals surface area contributed by atoms with Gasteiger partial charge in [0.25, 0.3) is 0 Å². The summed E-state index contributed by atoms with van der Waals surface area (Å²) >= 11 is 1.68. The fourth-order valence-electron chi connectivity index (χ4n) is 2.35. The summed E-state index contributed by atoms with van der Waals surface area (Å²) in [5.41, 5.74) is 5.48. The van der Waals surface area contributed by atoms with Crippen LogP contribution < -0.4 is 19.9 Å². The topological polar surface area (TPSA) is 73.9 Å². The molecular formula is C21H27NO4S. The first-order valence-electron chi connectivity index (χ1n) is 8.89. The molecule has 0 saturated carbocycles. The maximum absolute atomic E-state index is 9.34. The van der Waals surface area contributed by atoms with Gasteiger partial charge in [0, 0.05) is 29.5 Å². The van der Waals surface area contributed by atoms with E-state index < -0.39 is 6.23 Å². The molecule has 0 radical (unpaired) electrons. The van der Waals surface area contributed by atoms with Crippen molar-refractivity contribution in [3.05, 3.63) is 40.1 Å². The van der Waals surface area contributed by atoms with Crippen molar-refractivity contribution in [2.24, 2.45) is 11.7 Å². The van der Waals surface area contributed by atoms with E-state index in [9.17, 15) is 5.11 Å². The summed E-state index contributed by atoms with van der Waals surface area (Å²) in [5.74, 6) is 8.48. The third-order valence-corrected chi connectivity index (χ3v) is 5.18. The molecule has 3 N–H and O–H groups in total. The van der Waals surface area contributed by atoms with Crippen LogP contribution in [0.1, 0.15) is 29.5 Å². The van der Waals surface area contributed by atoms with Gasteiger partial charge in [-0.05, 0) is 30.9 Å². The summed E-state index contributed by atoms with van der Waals surface area (Å²) in [6.07, 6.45) is 1.64. The Labute approximate surface area is 165 Å². The van der Waals surface area contributed by atoms with E-state index >= 15 is 0 Å². The van der Waals surface area contributed by atoms with E-state index in [1.165, 1.54) is 4.88 Å². The summed E-state index contributed by atoms with van der Waals surface area (Å²) in [7, 11) is 3.22. The largest absolute Gasteiger partial charge is 0.496 e. The molecule has 0 saturated heterocycles. The number of benzene rings is 1. The number of hydrogen-bond acceptors (Lipinski definition) is 6. The molecule has 1 aromatic carbocycles. The van der Waals surface area contributed by atoms with Gasteiger partial charge in [-0.3, -0.25) is 0 Å². The molecule has 5 nitrogen and oxygen atoms in total. The number of aliphatic hydroxyl groups is 1. The summed E-state index contributed by atoms with van der Waals surface area (Å²) in [5, 5.41) is 9.34. The second-order valence-electron chi connectivity index (χ2n) is 6.22. The van der Waals surface area contributed by atoms with Gasteiger partial charge in [0.2, 0.25) is 0 Å². The molecule has 1 aromatic heterocycles. The summed E-state index contributed by atoms with van der Waals surface area (Å²) in [6.45, 7) is 2.45. The Bertz CT molecular complexity index is 754. The maximum Gasteiger partial charge on any atom is 0.126 e. The molecule has 1 heterocycles. The molecule has 0 aliphatic rings. The lowest BCUT2D eigenvalue weighted by Crippen LogP contribution is -2.27. The molecule has 0 aliphatic heterocycles. The SMILES string of the molecule is COc1cc(OC)cc(OCCC#Cc2ccc(CCC(C)C(N)O)s2)c1. The Kier molecular flexibility index (Phi) is 8.46. The predicted octanol–water partition coefficient (Wildman–Crippen LogP) is 3.43. The number of ether oxygens (including phenoxy) is 3. The van der Waals surface area contributed by atoms with E-state index in [4.69, 9.17) is 19.9 Å². The highest BCUT2D eigenvalue weighted by molar-refractivity contribution is 7.12. The molecule has 0 spiro atoms. The Balaban J connectivity index is 1.79. The van der Waals surface area contributed by atoms with E-state index in [2.05, 4.69) is 17.9 Å². The maximum atomic E-state index is 9.34. The average Bonchev–Trinajstić information content (AvgIpc) is 3.13. The normalized spacial score (nSPS) is 12.6. The van der Waals surface area contributed by atoms with Gasteiger partial charge in [-0.15, -0.1) is 11.3 Å². The summed E-state index contributed by atoms with van der Waals surface area (Å²) in [4.78, 5) is 2.29. The third-order valence-electron chi connectivity index (χ3n) is 4.12.